The number of aromatic nitrogens is 3. The first-order valence-electron chi connectivity index (χ1n) is 8.51. The van der Waals surface area contributed by atoms with Crippen LogP contribution in [-0.4, -0.2) is 35.9 Å². The minimum Gasteiger partial charge on any atom is -0.496 e. The molecule has 0 saturated carbocycles. The molecule has 0 aliphatic carbocycles. The molecule has 148 valence electrons. The number of hydrogen-bond donors (Lipinski definition) is 0. The number of nitrogens with zero attached hydrogens (tertiary/aromatic N) is 3. The highest BCUT2D eigenvalue weighted by atomic mass is 35.5. The van der Waals surface area contributed by atoms with Gasteiger partial charge in [0.05, 0.1) is 25.9 Å². The highest BCUT2D eigenvalue weighted by Crippen LogP contribution is 2.35. The maximum absolute atomic E-state index is 13.1. The largest absolute Gasteiger partial charge is 0.496 e. The number of hydrogen-bond acceptors (Lipinski definition) is 7. The standard InChI is InChI=1S/C20H16ClN3O4S/c1-26-14-10-16(28-3)15(27-2)8-12(14)9-17-19(25)24-18(22-23-20(24)29-17)11-4-6-13(21)7-5-11/h4-10H,1-3H3. The van der Waals surface area contributed by atoms with Crippen molar-refractivity contribution in [1.29, 1.82) is 0 Å². The van der Waals surface area contributed by atoms with Gasteiger partial charge in [0, 0.05) is 22.2 Å². The van der Waals surface area contributed by atoms with Gasteiger partial charge in [0.15, 0.2) is 17.3 Å². The molecule has 0 unspecified atom stereocenters. The average molecular weight is 430 g/mol. The Labute approximate surface area is 174 Å². The Balaban J connectivity index is 1.90. The quantitative estimate of drug-likeness (QED) is 0.485. The van der Waals surface area contributed by atoms with E-state index >= 15 is 0 Å². The summed E-state index contributed by atoms with van der Waals surface area (Å²) in [4.78, 5) is 13.6. The van der Waals surface area contributed by atoms with Gasteiger partial charge >= 0.3 is 0 Å². The van der Waals surface area contributed by atoms with Crippen molar-refractivity contribution in [1.82, 2.24) is 14.6 Å². The zero-order valence-electron chi connectivity index (χ0n) is 15.8. The maximum atomic E-state index is 13.1. The summed E-state index contributed by atoms with van der Waals surface area (Å²) >= 11 is 7.20. The van der Waals surface area contributed by atoms with Crippen molar-refractivity contribution < 1.29 is 14.2 Å². The van der Waals surface area contributed by atoms with Gasteiger partial charge in [0.2, 0.25) is 4.96 Å². The Hall–Kier alpha value is -3.10. The summed E-state index contributed by atoms with van der Waals surface area (Å²) in [7, 11) is 4.66. The van der Waals surface area contributed by atoms with Crippen molar-refractivity contribution in [3.8, 4) is 28.6 Å². The second kappa shape index (κ2) is 7.73. The van der Waals surface area contributed by atoms with E-state index in [1.165, 1.54) is 15.7 Å². The average Bonchev–Trinajstić information content (AvgIpc) is 3.28. The van der Waals surface area contributed by atoms with Gasteiger partial charge in [-0.1, -0.05) is 22.9 Å². The lowest BCUT2D eigenvalue weighted by Gasteiger charge is -2.11. The third-order valence-corrected chi connectivity index (χ3v) is 5.58. The molecule has 0 bridgehead atoms. The predicted octanol–water partition coefficient (Wildman–Crippen LogP) is 3.04. The van der Waals surface area contributed by atoms with Gasteiger partial charge in [-0.2, -0.15) is 0 Å². The first-order valence-corrected chi connectivity index (χ1v) is 9.70. The molecule has 0 amide bonds. The molecule has 0 saturated heterocycles. The van der Waals surface area contributed by atoms with Gasteiger partial charge in [-0.15, -0.1) is 10.2 Å². The molecule has 0 spiro atoms. The van der Waals surface area contributed by atoms with Crippen LogP contribution in [0.3, 0.4) is 0 Å². The number of benzene rings is 2. The van der Waals surface area contributed by atoms with Gasteiger partial charge < -0.3 is 14.2 Å². The van der Waals surface area contributed by atoms with Gasteiger partial charge in [0.25, 0.3) is 5.56 Å². The summed E-state index contributed by atoms with van der Waals surface area (Å²) < 4.78 is 18.1. The van der Waals surface area contributed by atoms with Crippen LogP contribution in [0.1, 0.15) is 5.56 Å². The molecule has 0 radical (unpaired) electrons. The molecular weight excluding hydrogens is 414 g/mol. The summed E-state index contributed by atoms with van der Waals surface area (Å²) in [6, 6.07) is 10.6. The predicted molar refractivity (Wildman–Crippen MR) is 112 cm³/mol. The van der Waals surface area contributed by atoms with Crippen molar-refractivity contribution in [3.63, 3.8) is 0 Å². The highest BCUT2D eigenvalue weighted by Gasteiger charge is 2.15. The molecule has 0 fully saturated rings. The molecule has 4 rings (SSSR count). The summed E-state index contributed by atoms with van der Waals surface area (Å²) in [5, 5.41) is 8.91. The summed E-state index contributed by atoms with van der Waals surface area (Å²) in [5.74, 6) is 2.11. The zero-order chi connectivity index (χ0) is 20.5. The van der Waals surface area contributed by atoms with Crippen molar-refractivity contribution >= 4 is 34.0 Å². The normalized spacial score (nSPS) is 11.8. The Kier molecular flexibility index (Phi) is 5.12. The lowest BCUT2D eigenvalue weighted by atomic mass is 10.1. The topological polar surface area (TPSA) is 74.9 Å². The third kappa shape index (κ3) is 3.41. The molecule has 7 nitrogen and oxygen atoms in total. The first-order chi connectivity index (χ1) is 14.0. The molecule has 2 heterocycles. The molecular formula is C20H16ClN3O4S. The van der Waals surface area contributed by atoms with E-state index in [0.717, 1.165) is 5.56 Å². The van der Waals surface area contributed by atoms with E-state index in [2.05, 4.69) is 10.2 Å². The van der Waals surface area contributed by atoms with E-state index in [0.29, 0.717) is 43.2 Å². The first kappa shape index (κ1) is 19.2. The second-order valence-electron chi connectivity index (χ2n) is 6.01. The van der Waals surface area contributed by atoms with Crippen LogP contribution >= 0.6 is 22.9 Å². The number of halogens is 1. The van der Waals surface area contributed by atoms with Crippen LogP contribution < -0.4 is 24.3 Å². The number of fused-ring (bicyclic) bond motifs is 1. The number of rotatable bonds is 5. The monoisotopic (exact) mass is 429 g/mol. The molecule has 0 aliphatic rings. The van der Waals surface area contributed by atoms with Gasteiger partial charge in [-0.25, -0.2) is 4.40 Å². The van der Waals surface area contributed by atoms with Crippen molar-refractivity contribution in [3.05, 3.63) is 61.9 Å². The molecule has 4 aromatic rings. The fraction of sp³-hybridized carbons (Fsp3) is 0.150. The highest BCUT2D eigenvalue weighted by molar-refractivity contribution is 7.15. The van der Waals surface area contributed by atoms with Gasteiger partial charge in [-0.05, 0) is 36.4 Å². The van der Waals surface area contributed by atoms with E-state index in [4.69, 9.17) is 25.8 Å². The van der Waals surface area contributed by atoms with Crippen LogP contribution in [0.4, 0.5) is 0 Å². The van der Waals surface area contributed by atoms with E-state index in [9.17, 15) is 4.79 Å². The van der Waals surface area contributed by atoms with Gasteiger partial charge in [-0.3, -0.25) is 4.79 Å². The summed E-state index contributed by atoms with van der Waals surface area (Å²) in [6.45, 7) is 0. The lowest BCUT2D eigenvalue weighted by Crippen LogP contribution is -2.23. The fourth-order valence-corrected chi connectivity index (χ4v) is 3.98. The van der Waals surface area contributed by atoms with Crippen LogP contribution in [-0.2, 0) is 0 Å². The molecule has 0 atom stereocenters. The van der Waals surface area contributed by atoms with E-state index in [-0.39, 0.29) is 5.56 Å². The Morgan fingerprint density at radius 2 is 1.62 bits per heavy atom. The van der Waals surface area contributed by atoms with Crippen molar-refractivity contribution in [2.24, 2.45) is 0 Å². The van der Waals surface area contributed by atoms with Crippen LogP contribution in [0.2, 0.25) is 5.02 Å². The van der Waals surface area contributed by atoms with Gasteiger partial charge in [0.1, 0.15) is 5.75 Å². The van der Waals surface area contributed by atoms with Crippen molar-refractivity contribution in [2.45, 2.75) is 0 Å². The number of ether oxygens (including phenoxy) is 3. The Morgan fingerprint density at radius 3 is 2.28 bits per heavy atom. The smallest absolute Gasteiger partial charge is 0.276 e. The molecule has 2 aromatic heterocycles. The molecule has 29 heavy (non-hydrogen) atoms. The maximum Gasteiger partial charge on any atom is 0.276 e. The summed E-state index contributed by atoms with van der Waals surface area (Å²) in [5.41, 5.74) is 1.23. The van der Waals surface area contributed by atoms with Crippen LogP contribution in [0.25, 0.3) is 22.4 Å². The number of methoxy groups -OCH3 is 3. The number of thiazole rings is 1. The second-order valence-corrected chi connectivity index (χ2v) is 7.46. The van der Waals surface area contributed by atoms with Crippen molar-refractivity contribution in [2.75, 3.05) is 21.3 Å². The van der Waals surface area contributed by atoms with Crippen LogP contribution in [0.15, 0.2) is 41.2 Å². The molecule has 9 heteroatoms. The SMILES string of the molecule is COc1cc(OC)c(OC)cc1C=c1sc2nnc(-c3ccc(Cl)cc3)n2c1=O. The van der Waals surface area contributed by atoms with E-state index in [1.807, 2.05) is 0 Å². The van der Waals surface area contributed by atoms with Crippen LogP contribution in [0.5, 0.6) is 17.2 Å². The molecule has 0 N–H and O–H groups in total. The minimum atomic E-state index is -0.211. The summed E-state index contributed by atoms with van der Waals surface area (Å²) in [6.07, 6.45) is 1.74. The molecule has 0 aliphatic heterocycles. The van der Waals surface area contributed by atoms with Crippen LogP contribution in [0, 0.1) is 0 Å². The fourth-order valence-electron chi connectivity index (χ4n) is 2.96. The molecule has 2 aromatic carbocycles. The Bertz CT molecular complexity index is 1300. The third-order valence-electron chi connectivity index (χ3n) is 4.37. The zero-order valence-corrected chi connectivity index (χ0v) is 17.4. The minimum absolute atomic E-state index is 0.211. The van der Waals surface area contributed by atoms with E-state index in [1.54, 1.807) is 63.8 Å². The van der Waals surface area contributed by atoms with E-state index < -0.39 is 0 Å². The lowest BCUT2D eigenvalue weighted by molar-refractivity contribution is 0.348. The Morgan fingerprint density at radius 1 is 0.966 bits per heavy atom.